The Bertz CT molecular complexity index is 1170. The van der Waals surface area contributed by atoms with Crippen LogP contribution >= 0.6 is 11.3 Å². The number of hydrogen-bond acceptors (Lipinski definition) is 8. The molecule has 1 aliphatic heterocycles. The van der Waals surface area contributed by atoms with Gasteiger partial charge in [-0.1, -0.05) is 6.92 Å². The third-order valence-corrected chi connectivity index (χ3v) is 9.25. The summed E-state index contributed by atoms with van der Waals surface area (Å²) in [6.07, 6.45) is 1.80. The minimum atomic E-state index is -3.79. The minimum absolute atomic E-state index is 0.0740. The van der Waals surface area contributed by atoms with Crippen LogP contribution in [0.15, 0.2) is 29.2 Å². The molecule has 2 N–H and O–H groups in total. The molecule has 0 unspecified atom stereocenters. The SMILES string of the molecule is CCCN1CCc2c(sc(NC(=O)c3ccc(S(=O)(=O)N(CCOC)CCOC)cc3)c2C(=O)NC)C1. The molecule has 0 radical (unpaired) electrons. The third kappa shape index (κ3) is 6.95. The van der Waals surface area contributed by atoms with Crippen LogP contribution in [0.2, 0.25) is 0 Å². The zero-order valence-electron chi connectivity index (χ0n) is 21.8. The molecule has 0 atom stereocenters. The summed E-state index contributed by atoms with van der Waals surface area (Å²) in [4.78, 5) is 29.3. The predicted octanol–water partition coefficient (Wildman–Crippen LogP) is 2.41. The van der Waals surface area contributed by atoms with Crippen LogP contribution in [0.3, 0.4) is 0 Å². The second kappa shape index (κ2) is 13.4. The van der Waals surface area contributed by atoms with Gasteiger partial charge in [0, 0.05) is 57.9 Å². The molecule has 0 bridgehead atoms. The van der Waals surface area contributed by atoms with Gasteiger partial charge in [-0.2, -0.15) is 4.31 Å². The fourth-order valence-corrected chi connectivity index (χ4v) is 6.95. The lowest BCUT2D eigenvalue weighted by Gasteiger charge is -2.26. The predicted molar refractivity (Wildman–Crippen MR) is 144 cm³/mol. The summed E-state index contributed by atoms with van der Waals surface area (Å²) in [5.74, 6) is -0.640. The fraction of sp³-hybridized carbons (Fsp3) is 0.520. The maximum Gasteiger partial charge on any atom is 0.256 e. The Labute approximate surface area is 223 Å². The highest BCUT2D eigenvalue weighted by molar-refractivity contribution is 7.89. The Morgan fingerprint density at radius 1 is 1.08 bits per heavy atom. The number of sulfonamides is 1. The van der Waals surface area contributed by atoms with Gasteiger partial charge in [-0.3, -0.25) is 14.5 Å². The summed E-state index contributed by atoms with van der Waals surface area (Å²) >= 11 is 1.42. The monoisotopic (exact) mass is 552 g/mol. The van der Waals surface area contributed by atoms with Gasteiger partial charge in [0.25, 0.3) is 11.8 Å². The van der Waals surface area contributed by atoms with Gasteiger partial charge in [0.05, 0.1) is 23.7 Å². The zero-order valence-corrected chi connectivity index (χ0v) is 23.5. The molecule has 0 saturated heterocycles. The lowest BCUT2D eigenvalue weighted by atomic mass is 10.0. The molecule has 0 saturated carbocycles. The Morgan fingerprint density at radius 2 is 1.73 bits per heavy atom. The van der Waals surface area contributed by atoms with Crippen molar-refractivity contribution in [2.75, 3.05) is 66.0 Å². The van der Waals surface area contributed by atoms with Crippen molar-refractivity contribution in [2.24, 2.45) is 0 Å². The number of fused-ring (bicyclic) bond motifs is 1. The van der Waals surface area contributed by atoms with Crippen LogP contribution in [0.25, 0.3) is 0 Å². The van der Waals surface area contributed by atoms with Gasteiger partial charge in [-0.25, -0.2) is 8.42 Å². The second-order valence-electron chi connectivity index (χ2n) is 8.68. The van der Waals surface area contributed by atoms with Crippen molar-refractivity contribution in [1.82, 2.24) is 14.5 Å². The molecule has 0 aliphatic carbocycles. The third-order valence-electron chi connectivity index (χ3n) is 6.20. The molecular formula is C25H36N4O6S2. The Kier molecular flexibility index (Phi) is 10.6. The van der Waals surface area contributed by atoms with E-state index < -0.39 is 15.9 Å². The van der Waals surface area contributed by atoms with Gasteiger partial charge in [0.15, 0.2) is 0 Å². The first kappa shape index (κ1) is 29.2. The van der Waals surface area contributed by atoms with Crippen LogP contribution in [0.1, 0.15) is 44.5 Å². The van der Waals surface area contributed by atoms with E-state index in [1.54, 1.807) is 7.05 Å². The first-order valence-electron chi connectivity index (χ1n) is 12.2. The van der Waals surface area contributed by atoms with E-state index >= 15 is 0 Å². The van der Waals surface area contributed by atoms with E-state index in [1.165, 1.54) is 54.1 Å². The zero-order chi connectivity index (χ0) is 27.0. The van der Waals surface area contributed by atoms with Crippen molar-refractivity contribution in [3.8, 4) is 0 Å². The molecule has 3 rings (SSSR count). The van der Waals surface area contributed by atoms with Crippen molar-refractivity contribution >= 4 is 38.2 Å². The average Bonchev–Trinajstić information content (AvgIpc) is 3.25. The number of benzene rings is 1. The molecule has 10 nitrogen and oxygen atoms in total. The number of nitrogens with one attached hydrogen (secondary N) is 2. The van der Waals surface area contributed by atoms with E-state index in [-0.39, 0.29) is 37.1 Å². The highest BCUT2D eigenvalue weighted by atomic mass is 32.2. The highest BCUT2D eigenvalue weighted by Crippen LogP contribution is 2.37. The first-order valence-corrected chi connectivity index (χ1v) is 14.5. The highest BCUT2D eigenvalue weighted by Gasteiger charge is 2.29. The average molecular weight is 553 g/mol. The molecule has 1 aromatic carbocycles. The number of amides is 2. The Hall–Kier alpha value is -2.35. The summed E-state index contributed by atoms with van der Waals surface area (Å²) in [7, 11) is 0.799. The van der Waals surface area contributed by atoms with Crippen molar-refractivity contribution in [2.45, 2.75) is 31.2 Å². The number of methoxy groups -OCH3 is 2. The molecule has 2 heterocycles. The fourth-order valence-electron chi connectivity index (χ4n) is 4.26. The number of rotatable bonds is 13. The van der Waals surface area contributed by atoms with Gasteiger partial charge in [0.2, 0.25) is 10.0 Å². The van der Waals surface area contributed by atoms with Crippen LogP contribution in [0, 0.1) is 0 Å². The van der Waals surface area contributed by atoms with E-state index in [0.29, 0.717) is 16.1 Å². The maximum absolute atomic E-state index is 13.1. The van der Waals surface area contributed by atoms with Gasteiger partial charge in [-0.05, 0) is 49.2 Å². The smallest absolute Gasteiger partial charge is 0.256 e. The molecule has 2 aromatic rings. The van der Waals surface area contributed by atoms with E-state index in [9.17, 15) is 18.0 Å². The first-order chi connectivity index (χ1) is 17.8. The molecule has 12 heteroatoms. The normalized spacial score (nSPS) is 14.0. The number of thiophene rings is 1. The standard InChI is InChI=1S/C25H36N4O6S2/c1-5-11-28-12-10-20-21(17-28)36-25(22(20)24(31)26-2)27-23(30)18-6-8-19(9-7-18)37(32,33)29(13-15-34-3)14-16-35-4/h6-9H,5,10-17H2,1-4H3,(H,26,31)(H,27,30). The van der Waals surface area contributed by atoms with Gasteiger partial charge >= 0.3 is 0 Å². The Balaban J connectivity index is 1.81. The van der Waals surface area contributed by atoms with Crippen LogP contribution in [-0.2, 0) is 32.5 Å². The summed E-state index contributed by atoms with van der Waals surface area (Å²) in [5.41, 5.74) is 1.79. The van der Waals surface area contributed by atoms with Gasteiger partial charge < -0.3 is 20.1 Å². The number of ether oxygens (including phenoxy) is 2. The summed E-state index contributed by atoms with van der Waals surface area (Å²) in [6.45, 7) is 5.61. The maximum atomic E-state index is 13.1. The molecule has 204 valence electrons. The molecule has 2 amide bonds. The molecule has 1 aliphatic rings. The van der Waals surface area contributed by atoms with Crippen LogP contribution < -0.4 is 10.6 Å². The molecule has 37 heavy (non-hydrogen) atoms. The van der Waals surface area contributed by atoms with E-state index in [2.05, 4.69) is 22.5 Å². The van der Waals surface area contributed by atoms with E-state index in [4.69, 9.17) is 9.47 Å². The minimum Gasteiger partial charge on any atom is -0.383 e. The topological polar surface area (TPSA) is 117 Å². The van der Waals surface area contributed by atoms with Gasteiger partial charge in [-0.15, -0.1) is 11.3 Å². The van der Waals surface area contributed by atoms with Crippen LogP contribution in [-0.4, -0.2) is 90.1 Å². The number of carbonyl (C=O) groups excluding carboxylic acids is 2. The largest absolute Gasteiger partial charge is 0.383 e. The summed E-state index contributed by atoms with van der Waals surface area (Å²) in [6, 6.07) is 5.78. The number of hydrogen-bond donors (Lipinski definition) is 2. The van der Waals surface area contributed by atoms with E-state index in [1.807, 2.05) is 0 Å². The van der Waals surface area contributed by atoms with Crippen LogP contribution in [0.5, 0.6) is 0 Å². The quantitative estimate of drug-likeness (QED) is 0.392. The molecule has 0 spiro atoms. The summed E-state index contributed by atoms with van der Waals surface area (Å²) in [5, 5.41) is 6.08. The molecule has 0 fully saturated rings. The van der Waals surface area contributed by atoms with Crippen LogP contribution in [0.4, 0.5) is 5.00 Å². The number of nitrogens with zero attached hydrogens (tertiary/aromatic N) is 2. The van der Waals surface area contributed by atoms with Gasteiger partial charge in [0.1, 0.15) is 5.00 Å². The Morgan fingerprint density at radius 3 is 2.30 bits per heavy atom. The van der Waals surface area contributed by atoms with Crippen molar-refractivity contribution in [3.63, 3.8) is 0 Å². The van der Waals surface area contributed by atoms with Crippen molar-refractivity contribution < 1.29 is 27.5 Å². The van der Waals surface area contributed by atoms with E-state index in [0.717, 1.165) is 42.9 Å². The second-order valence-corrected chi connectivity index (χ2v) is 11.7. The molecule has 1 aromatic heterocycles. The summed E-state index contributed by atoms with van der Waals surface area (Å²) < 4.78 is 37.6. The van der Waals surface area contributed by atoms with Crippen molar-refractivity contribution in [3.05, 3.63) is 45.8 Å². The number of anilines is 1. The lowest BCUT2D eigenvalue weighted by Crippen LogP contribution is -2.36. The van der Waals surface area contributed by atoms with Crippen molar-refractivity contribution in [1.29, 1.82) is 0 Å². The molecular weight excluding hydrogens is 516 g/mol. The number of carbonyl (C=O) groups is 2. The lowest BCUT2D eigenvalue weighted by molar-refractivity contribution is 0.0962.